The van der Waals surface area contributed by atoms with Gasteiger partial charge in [-0.15, -0.1) is 0 Å². The summed E-state index contributed by atoms with van der Waals surface area (Å²) in [5.41, 5.74) is 0. The molecule has 0 fully saturated rings. The Hall–Kier alpha value is -3.23. The summed E-state index contributed by atoms with van der Waals surface area (Å²) in [6.07, 6.45) is 50.1. The number of unbranched alkanes of at least 4 members (excludes halogenated alkanes) is 14. The third kappa shape index (κ3) is 40.9. The second-order valence-corrected chi connectivity index (χ2v) is 16.5. The second kappa shape index (κ2) is 40.5. The van der Waals surface area contributed by atoms with Crippen molar-refractivity contribution in [3.63, 3.8) is 0 Å². The minimum Gasteiger partial charge on any atom is -0.550 e. The van der Waals surface area contributed by atoms with Crippen LogP contribution in [-0.2, 0) is 28.6 Å². The summed E-state index contributed by atoms with van der Waals surface area (Å²) in [5.74, 6) is -2.68. The summed E-state index contributed by atoms with van der Waals surface area (Å²) in [7, 11) is 5.71. The maximum Gasteiger partial charge on any atom is 0.306 e. The number of aliphatic carboxylic acids is 1. The molecule has 0 saturated carbocycles. The number of carbonyl (C=O) groups excluding carboxylic acids is 3. The first-order valence-electron chi connectivity index (χ1n) is 22.9. The Labute approximate surface area is 355 Å². The third-order valence-corrected chi connectivity index (χ3v) is 9.50. The highest BCUT2D eigenvalue weighted by Gasteiger charge is 2.22. The highest BCUT2D eigenvalue weighted by molar-refractivity contribution is 5.70. The Kier molecular flexibility index (Phi) is 38.3. The van der Waals surface area contributed by atoms with Gasteiger partial charge in [0.25, 0.3) is 0 Å². The molecule has 8 heteroatoms. The molecular formula is C50H85NO7. The predicted molar refractivity (Wildman–Crippen MR) is 240 cm³/mol. The maximum absolute atomic E-state index is 12.8. The molecule has 0 aromatic carbocycles. The van der Waals surface area contributed by atoms with Crippen molar-refractivity contribution in [2.75, 3.05) is 47.5 Å². The fourth-order valence-electron chi connectivity index (χ4n) is 6.23. The van der Waals surface area contributed by atoms with E-state index in [1.165, 1.54) is 38.5 Å². The van der Waals surface area contributed by atoms with Crippen molar-refractivity contribution in [2.24, 2.45) is 5.92 Å². The first-order chi connectivity index (χ1) is 28.1. The number of hydrogen-bond donors (Lipinski definition) is 0. The average Bonchev–Trinajstić information content (AvgIpc) is 3.18. The first kappa shape index (κ1) is 54.8. The van der Waals surface area contributed by atoms with Gasteiger partial charge in [-0.05, 0) is 83.5 Å². The van der Waals surface area contributed by atoms with Gasteiger partial charge in [0, 0.05) is 12.8 Å². The molecule has 332 valence electrons. The zero-order chi connectivity index (χ0) is 42.8. The van der Waals surface area contributed by atoms with Crippen molar-refractivity contribution < 1.29 is 38.2 Å². The Morgan fingerprint density at radius 2 is 0.948 bits per heavy atom. The maximum atomic E-state index is 12.8. The molecule has 0 spiro atoms. The van der Waals surface area contributed by atoms with Gasteiger partial charge in [-0.25, -0.2) is 0 Å². The van der Waals surface area contributed by atoms with Crippen LogP contribution in [0.4, 0.5) is 0 Å². The Bertz CT molecular complexity index is 1180. The van der Waals surface area contributed by atoms with Crippen LogP contribution in [-0.4, -0.2) is 76.0 Å². The van der Waals surface area contributed by atoms with Gasteiger partial charge in [0.2, 0.25) is 0 Å². The van der Waals surface area contributed by atoms with Crippen molar-refractivity contribution in [1.29, 1.82) is 0 Å². The summed E-state index contributed by atoms with van der Waals surface area (Å²) in [4.78, 5) is 37.0. The van der Waals surface area contributed by atoms with E-state index in [1.54, 1.807) is 0 Å². The number of nitrogens with zero attached hydrogens (tertiary/aromatic N) is 1. The normalized spacial score (nSPS) is 13.6. The van der Waals surface area contributed by atoms with Gasteiger partial charge in [-0.2, -0.15) is 0 Å². The average molecular weight is 812 g/mol. The van der Waals surface area contributed by atoms with Crippen LogP contribution in [0.2, 0.25) is 0 Å². The third-order valence-electron chi connectivity index (χ3n) is 9.50. The summed E-state index contributed by atoms with van der Waals surface area (Å²) >= 11 is 0. The molecule has 0 aliphatic heterocycles. The Morgan fingerprint density at radius 1 is 0.517 bits per heavy atom. The second-order valence-electron chi connectivity index (χ2n) is 16.5. The fourth-order valence-corrected chi connectivity index (χ4v) is 6.23. The molecule has 2 atom stereocenters. The molecule has 0 heterocycles. The van der Waals surface area contributed by atoms with E-state index < -0.39 is 18.0 Å². The van der Waals surface area contributed by atoms with Crippen LogP contribution < -0.4 is 5.11 Å². The minimum absolute atomic E-state index is 0.0527. The SMILES string of the molecule is CC/C=C\C/C=C\C/C=C\C/C=C\CCCCCCCCC(=O)OC(COCC(C[N+](C)(C)C)C(=O)[O-])COC(=O)CCCCCCC/C=C\C/C=C\CCCCC. The van der Waals surface area contributed by atoms with E-state index in [-0.39, 0.29) is 38.2 Å². The molecule has 0 bridgehead atoms. The first-order valence-corrected chi connectivity index (χ1v) is 22.9. The van der Waals surface area contributed by atoms with Gasteiger partial charge >= 0.3 is 11.9 Å². The van der Waals surface area contributed by atoms with Gasteiger partial charge in [-0.3, -0.25) is 9.59 Å². The molecule has 0 radical (unpaired) electrons. The zero-order valence-electron chi connectivity index (χ0n) is 37.7. The van der Waals surface area contributed by atoms with Crippen LogP contribution in [0.15, 0.2) is 72.9 Å². The van der Waals surface area contributed by atoms with Crippen molar-refractivity contribution in [2.45, 2.75) is 174 Å². The van der Waals surface area contributed by atoms with Crippen molar-refractivity contribution >= 4 is 17.9 Å². The summed E-state index contributed by atoms with van der Waals surface area (Å²) in [5, 5.41) is 11.7. The molecule has 8 nitrogen and oxygen atoms in total. The predicted octanol–water partition coefficient (Wildman–Crippen LogP) is 11.3. The summed E-state index contributed by atoms with van der Waals surface area (Å²) in [6, 6.07) is 0. The van der Waals surface area contributed by atoms with Crippen molar-refractivity contribution in [1.82, 2.24) is 0 Å². The lowest BCUT2D eigenvalue weighted by atomic mass is 10.1. The highest BCUT2D eigenvalue weighted by Crippen LogP contribution is 2.13. The van der Waals surface area contributed by atoms with E-state index >= 15 is 0 Å². The fraction of sp³-hybridized carbons (Fsp3) is 0.700. The van der Waals surface area contributed by atoms with Gasteiger partial charge in [-0.1, -0.05) is 145 Å². The Morgan fingerprint density at radius 3 is 1.41 bits per heavy atom. The molecule has 0 aliphatic carbocycles. The molecule has 0 aromatic rings. The van der Waals surface area contributed by atoms with Crippen LogP contribution in [0.1, 0.15) is 168 Å². The lowest BCUT2D eigenvalue weighted by molar-refractivity contribution is -0.873. The monoisotopic (exact) mass is 812 g/mol. The van der Waals surface area contributed by atoms with Crippen molar-refractivity contribution in [3.8, 4) is 0 Å². The van der Waals surface area contributed by atoms with Crippen molar-refractivity contribution in [3.05, 3.63) is 72.9 Å². The molecule has 0 rings (SSSR count). The topological polar surface area (TPSA) is 102 Å². The number of esters is 2. The number of hydrogen-bond acceptors (Lipinski definition) is 7. The van der Waals surface area contributed by atoms with Crippen LogP contribution in [0, 0.1) is 5.92 Å². The number of quaternary nitrogens is 1. The van der Waals surface area contributed by atoms with Crippen LogP contribution in [0.3, 0.4) is 0 Å². The molecule has 58 heavy (non-hydrogen) atoms. The number of carboxylic acids is 1. The minimum atomic E-state index is -1.18. The van der Waals surface area contributed by atoms with Gasteiger partial charge in [0.05, 0.1) is 52.8 Å². The number of allylic oxidation sites excluding steroid dienone is 12. The molecule has 2 unspecified atom stereocenters. The van der Waals surface area contributed by atoms with E-state index in [4.69, 9.17) is 14.2 Å². The molecule has 0 saturated heterocycles. The van der Waals surface area contributed by atoms with Gasteiger partial charge in [0.1, 0.15) is 6.61 Å². The Balaban J connectivity index is 4.41. The standard InChI is InChI=1S/C50H85NO7/c1-6-8-10-12-14-16-18-20-22-23-24-25-27-29-31-33-35-37-39-41-49(53)58-47(44-56-43-46(50(54)55)42-51(3,4)5)45-57-48(52)40-38-36-34-32-30-28-26-21-19-17-15-13-11-9-7-2/h8,10,14-17,20-22,24-26,46-47H,6-7,9,11-13,18-19,23,27-45H2,1-5H3/b10-8-,16-14-,17-15-,22-20-,25-24-,26-21-. The molecule has 0 aliphatic rings. The van der Waals surface area contributed by atoms with Crippen LogP contribution >= 0.6 is 0 Å². The number of rotatable bonds is 40. The van der Waals surface area contributed by atoms with E-state index in [1.807, 2.05) is 21.1 Å². The zero-order valence-corrected chi connectivity index (χ0v) is 37.7. The van der Waals surface area contributed by atoms with Gasteiger partial charge in [0.15, 0.2) is 6.10 Å². The lowest BCUT2D eigenvalue weighted by Gasteiger charge is -2.30. The smallest absolute Gasteiger partial charge is 0.306 e. The molecular weight excluding hydrogens is 727 g/mol. The lowest BCUT2D eigenvalue weighted by Crippen LogP contribution is -2.47. The van der Waals surface area contributed by atoms with E-state index in [9.17, 15) is 19.5 Å². The quantitative estimate of drug-likeness (QED) is 0.0263. The van der Waals surface area contributed by atoms with E-state index in [2.05, 4.69) is 86.8 Å². The molecule has 0 amide bonds. The number of carbonyl (C=O) groups is 3. The molecule has 0 aromatic heterocycles. The van der Waals surface area contributed by atoms with Crippen LogP contribution in [0.25, 0.3) is 0 Å². The number of ether oxygens (including phenoxy) is 3. The summed E-state index contributed by atoms with van der Waals surface area (Å²) < 4.78 is 17.3. The van der Waals surface area contributed by atoms with E-state index in [0.29, 0.717) is 17.4 Å². The van der Waals surface area contributed by atoms with Gasteiger partial charge < -0.3 is 28.6 Å². The molecule has 0 N–H and O–H groups in total. The number of carboxylic acid groups (broad SMARTS) is 1. The summed E-state index contributed by atoms with van der Waals surface area (Å²) in [6.45, 7) is 4.47. The largest absolute Gasteiger partial charge is 0.550 e. The van der Waals surface area contributed by atoms with E-state index in [0.717, 1.165) is 103 Å². The highest BCUT2D eigenvalue weighted by atomic mass is 16.6. The van der Waals surface area contributed by atoms with Crippen LogP contribution in [0.5, 0.6) is 0 Å².